The highest BCUT2D eigenvalue weighted by Crippen LogP contribution is 2.32. The fourth-order valence-electron chi connectivity index (χ4n) is 3.32. The van der Waals surface area contributed by atoms with Gasteiger partial charge in [0.2, 0.25) is 6.33 Å². The first kappa shape index (κ1) is 23.5. The Morgan fingerprint density at radius 2 is 1.42 bits per heavy atom. The van der Waals surface area contributed by atoms with Crippen LogP contribution >= 0.6 is 0 Å². The molecule has 0 spiro atoms. The first-order chi connectivity index (χ1) is 15.7. The second-order valence-electron chi connectivity index (χ2n) is 7.53. The minimum absolute atomic E-state index is 0.0276. The smallest absolute Gasteiger partial charge is 0.266 e. The van der Waals surface area contributed by atoms with E-state index >= 15 is 0 Å². The maximum atomic E-state index is 12.4. The van der Waals surface area contributed by atoms with Crippen LogP contribution in [0.5, 0.6) is 23.0 Å². The van der Waals surface area contributed by atoms with Gasteiger partial charge in [0.1, 0.15) is 35.4 Å². The summed E-state index contributed by atoms with van der Waals surface area (Å²) in [5, 5.41) is 25.4. The van der Waals surface area contributed by atoms with Gasteiger partial charge < -0.3 is 30.3 Å². The minimum Gasteiger partial charge on any atom is -0.506 e. The topological polar surface area (TPSA) is 126 Å². The molecular formula is C23H27N4O6+. The molecule has 2 aromatic carbocycles. The van der Waals surface area contributed by atoms with Gasteiger partial charge in [0.15, 0.2) is 13.1 Å². The molecule has 0 aliphatic rings. The van der Waals surface area contributed by atoms with Crippen LogP contribution in [0.1, 0.15) is 11.1 Å². The average molecular weight is 455 g/mol. The molecule has 33 heavy (non-hydrogen) atoms. The van der Waals surface area contributed by atoms with Crippen molar-refractivity contribution in [1.82, 2.24) is 4.57 Å². The second-order valence-corrected chi connectivity index (χ2v) is 7.53. The van der Waals surface area contributed by atoms with Gasteiger partial charge in [0.05, 0.1) is 25.6 Å². The standard InChI is InChI=1S/C23H26N4O6/c1-14-7-18(28)16(9-20(14)32-3)24-22(30)11-26-5-6-27(13-26)12-23(31)25-17-10-21(33-4)15(2)8-19(17)29/h5-10,13H,11-12H2,1-4H3,(H3-,24,25,28,29,30,31)/p+1. The number of aryl methyl sites for hydroxylation is 2. The summed E-state index contributed by atoms with van der Waals surface area (Å²) in [5.41, 5.74) is 1.98. The van der Waals surface area contributed by atoms with Crippen molar-refractivity contribution in [2.45, 2.75) is 26.9 Å². The van der Waals surface area contributed by atoms with Gasteiger partial charge in [-0.15, -0.1) is 0 Å². The summed E-state index contributed by atoms with van der Waals surface area (Å²) in [6.07, 6.45) is 4.90. The lowest BCUT2D eigenvalue weighted by Gasteiger charge is -2.11. The molecular weight excluding hydrogens is 428 g/mol. The lowest BCUT2D eigenvalue weighted by molar-refractivity contribution is -0.683. The normalized spacial score (nSPS) is 10.5. The summed E-state index contributed by atoms with van der Waals surface area (Å²) in [6.45, 7) is 3.52. The molecule has 0 fully saturated rings. The number of aromatic nitrogens is 2. The van der Waals surface area contributed by atoms with E-state index in [4.69, 9.17) is 9.47 Å². The van der Waals surface area contributed by atoms with Crippen LogP contribution < -0.4 is 24.7 Å². The minimum atomic E-state index is -0.361. The van der Waals surface area contributed by atoms with Crippen molar-refractivity contribution in [3.05, 3.63) is 54.1 Å². The van der Waals surface area contributed by atoms with E-state index in [0.29, 0.717) is 11.5 Å². The van der Waals surface area contributed by atoms with E-state index in [2.05, 4.69) is 10.6 Å². The third-order valence-electron chi connectivity index (χ3n) is 4.97. The van der Waals surface area contributed by atoms with Gasteiger partial charge in [-0.3, -0.25) is 9.59 Å². The van der Waals surface area contributed by atoms with Crippen molar-refractivity contribution < 1.29 is 33.8 Å². The number of hydrogen-bond donors (Lipinski definition) is 4. The van der Waals surface area contributed by atoms with Crippen LogP contribution in [0.25, 0.3) is 0 Å². The number of nitrogens with zero attached hydrogens (tertiary/aromatic N) is 2. The Kier molecular flexibility index (Phi) is 7.07. The van der Waals surface area contributed by atoms with Crippen LogP contribution in [0.3, 0.4) is 0 Å². The van der Waals surface area contributed by atoms with Crippen LogP contribution in [0.2, 0.25) is 0 Å². The van der Waals surface area contributed by atoms with Gasteiger partial charge in [-0.25, -0.2) is 9.13 Å². The predicted octanol–water partition coefficient (Wildman–Crippen LogP) is 2.10. The SMILES string of the molecule is COc1cc(NC(=O)Cn2cc[n+](CC(=O)Nc3cc(OC)c(C)cc3O)c2)c(O)cc1C. The van der Waals surface area contributed by atoms with Crippen LogP contribution in [-0.2, 0) is 22.7 Å². The number of hydrogen-bond acceptors (Lipinski definition) is 6. The van der Waals surface area contributed by atoms with E-state index in [1.807, 2.05) is 0 Å². The number of anilines is 2. The lowest BCUT2D eigenvalue weighted by Crippen LogP contribution is -2.38. The van der Waals surface area contributed by atoms with E-state index in [1.165, 1.54) is 26.4 Å². The van der Waals surface area contributed by atoms with Crippen molar-refractivity contribution in [2.24, 2.45) is 0 Å². The quantitative estimate of drug-likeness (QED) is 0.304. The molecule has 0 atom stereocenters. The Bertz CT molecular complexity index is 1100. The lowest BCUT2D eigenvalue weighted by atomic mass is 10.2. The van der Waals surface area contributed by atoms with E-state index in [1.54, 1.807) is 53.8 Å². The molecule has 1 aromatic heterocycles. The third-order valence-corrected chi connectivity index (χ3v) is 4.97. The molecule has 3 aromatic rings. The number of carbonyl (C=O) groups excluding carboxylic acids is 2. The monoisotopic (exact) mass is 455 g/mol. The Balaban J connectivity index is 1.60. The molecule has 4 N–H and O–H groups in total. The molecule has 10 heteroatoms. The van der Waals surface area contributed by atoms with Crippen molar-refractivity contribution in [3.8, 4) is 23.0 Å². The molecule has 10 nitrogen and oxygen atoms in total. The van der Waals surface area contributed by atoms with Gasteiger partial charge in [-0.1, -0.05) is 0 Å². The number of amides is 2. The highest BCUT2D eigenvalue weighted by Gasteiger charge is 2.16. The molecule has 3 rings (SSSR count). The molecule has 174 valence electrons. The van der Waals surface area contributed by atoms with Gasteiger partial charge in [0, 0.05) is 12.1 Å². The Morgan fingerprint density at radius 1 is 0.909 bits per heavy atom. The molecule has 0 bridgehead atoms. The van der Waals surface area contributed by atoms with Gasteiger partial charge in [-0.2, -0.15) is 0 Å². The maximum Gasteiger partial charge on any atom is 0.266 e. The van der Waals surface area contributed by atoms with Gasteiger partial charge in [0.25, 0.3) is 11.8 Å². The predicted molar refractivity (Wildman–Crippen MR) is 121 cm³/mol. The fraction of sp³-hybridized carbons (Fsp3) is 0.261. The Labute approximate surface area is 191 Å². The molecule has 0 saturated heterocycles. The number of benzene rings is 2. The summed E-state index contributed by atoms with van der Waals surface area (Å²) in [6, 6.07) is 6.13. The molecule has 2 amide bonds. The first-order valence-electron chi connectivity index (χ1n) is 10.1. The summed E-state index contributed by atoms with van der Waals surface area (Å²) < 4.78 is 13.6. The second kappa shape index (κ2) is 9.94. The van der Waals surface area contributed by atoms with Crippen LogP contribution in [0.4, 0.5) is 11.4 Å². The molecule has 0 unspecified atom stereocenters. The molecule has 1 heterocycles. The summed E-state index contributed by atoms with van der Waals surface area (Å²) in [7, 11) is 3.02. The van der Waals surface area contributed by atoms with E-state index < -0.39 is 0 Å². The number of ether oxygens (including phenoxy) is 2. The number of carbonyl (C=O) groups is 2. The first-order valence-corrected chi connectivity index (χ1v) is 10.1. The Hall–Kier alpha value is -4.21. The summed E-state index contributed by atoms with van der Waals surface area (Å²) in [4.78, 5) is 24.8. The number of methoxy groups -OCH3 is 2. The zero-order valence-corrected chi connectivity index (χ0v) is 18.9. The summed E-state index contributed by atoms with van der Waals surface area (Å²) >= 11 is 0. The number of imidazole rings is 1. The third kappa shape index (κ3) is 5.73. The van der Waals surface area contributed by atoms with Gasteiger partial charge in [-0.05, 0) is 37.1 Å². The Morgan fingerprint density at radius 3 is 1.94 bits per heavy atom. The number of rotatable bonds is 8. The summed E-state index contributed by atoms with van der Waals surface area (Å²) in [5.74, 6) is 0.254. The van der Waals surface area contributed by atoms with E-state index in [0.717, 1.165) is 11.1 Å². The molecule has 0 saturated carbocycles. The number of aromatic hydroxyl groups is 2. The highest BCUT2D eigenvalue weighted by molar-refractivity contribution is 5.93. The molecule has 0 aliphatic carbocycles. The fourth-order valence-corrected chi connectivity index (χ4v) is 3.32. The van der Waals surface area contributed by atoms with Gasteiger partial charge >= 0.3 is 0 Å². The average Bonchev–Trinajstić information content (AvgIpc) is 3.18. The zero-order chi connectivity index (χ0) is 24.1. The highest BCUT2D eigenvalue weighted by atomic mass is 16.5. The van der Waals surface area contributed by atoms with Crippen LogP contribution in [0.15, 0.2) is 43.0 Å². The van der Waals surface area contributed by atoms with Crippen molar-refractivity contribution >= 4 is 23.2 Å². The number of phenols is 2. The van der Waals surface area contributed by atoms with E-state index in [-0.39, 0.29) is 47.8 Å². The van der Waals surface area contributed by atoms with Crippen LogP contribution in [-0.4, -0.2) is 40.8 Å². The van der Waals surface area contributed by atoms with E-state index in [9.17, 15) is 19.8 Å². The van der Waals surface area contributed by atoms with Crippen molar-refractivity contribution in [2.75, 3.05) is 24.9 Å². The molecule has 0 radical (unpaired) electrons. The zero-order valence-electron chi connectivity index (χ0n) is 18.9. The maximum absolute atomic E-state index is 12.4. The van der Waals surface area contributed by atoms with Crippen molar-refractivity contribution in [1.29, 1.82) is 0 Å². The number of phenolic OH excluding ortho intramolecular Hbond substituents is 2. The van der Waals surface area contributed by atoms with Crippen LogP contribution in [0, 0.1) is 13.8 Å². The molecule has 0 aliphatic heterocycles. The largest absolute Gasteiger partial charge is 0.506 e. The van der Waals surface area contributed by atoms with Crippen molar-refractivity contribution in [3.63, 3.8) is 0 Å². The number of nitrogens with one attached hydrogen (secondary N) is 2.